The van der Waals surface area contributed by atoms with Crippen molar-refractivity contribution < 1.29 is 9.53 Å². The van der Waals surface area contributed by atoms with Crippen LogP contribution in [0.2, 0.25) is 0 Å². The zero-order chi connectivity index (χ0) is 13.2. The van der Waals surface area contributed by atoms with Gasteiger partial charge >= 0.3 is 0 Å². The minimum absolute atomic E-state index is 0.124. The number of hydrogen-bond acceptors (Lipinski definition) is 3. The number of benzene rings is 1. The highest BCUT2D eigenvalue weighted by Gasteiger charge is 2.19. The zero-order valence-corrected chi connectivity index (χ0v) is 11.5. The number of carbonyl (C=O) groups excluding carboxylic acids is 1. The van der Waals surface area contributed by atoms with E-state index >= 15 is 0 Å². The van der Waals surface area contributed by atoms with Crippen LogP contribution in [0.25, 0.3) is 0 Å². The van der Waals surface area contributed by atoms with Gasteiger partial charge in [-0.3, -0.25) is 4.79 Å². The highest BCUT2D eigenvalue weighted by Crippen LogP contribution is 2.29. The third kappa shape index (κ3) is 2.50. The lowest BCUT2D eigenvalue weighted by Crippen LogP contribution is -2.31. The van der Waals surface area contributed by atoms with Gasteiger partial charge in [0.2, 0.25) is 0 Å². The Labute approximate surface area is 103 Å². The maximum Gasteiger partial charge on any atom is 0.179 e. The monoisotopic (exact) mass is 235 g/mol. The van der Waals surface area contributed by atoms with E-state index in [2.05, 4.69) is 5.32 Å². The van der Waals surface area contributed by atoms with E-state index in [1.54, 1.807) is 14.2 Å². The summed E-state index contributed by atoms with van der Waals surface area (Å²) in [6.45, 7) is 7.79. The fourth-order valence-corrected chi connectivity index (χ4v) is 1.99. The van der Waals surface area contributed by atoms with Crippen molar-refractivity contribution in [3.63, 3.8) is 0 Å². The summed E-state index contributed by atoms with van der Waals surface area (Å²) in [5.41, 5.74) is 3.82. The van der Waals surface area contributed by atoms with Crippen LogP contribution in [0.5, 0.6) is 5.75 Å². The normalized spacial score (nSPS) is 12.4. The highest BCUT2D eigenvalue weighted by molar-refractivity contribution is 6.01. The van der Waals surface area contributed by atoms with Crippen LogP contribution in [0.3, 0.4) is 0 Å². The van der Waals surface area contributed by atoms with Gasteiger partial charge in [-0.1, -0.05) is 0 Å². The van der Waals surface area contributed by atoms with Crippen LogP contribution in [0.15, 0.2) is 6.07 Å². The molecule has 94 valence electrons. The van der Waals surface area contributed by atoms with Gasteiger partial charge in [-0.05, 0) is 57.5 Å². The van der Waals surface area contributed by atoms with Crippen LogP contribution >= 0.6 is 0 Å². The average Bonchev–Trinajstić information content (AvgIpc) is 2.32. The fourth-order valence-electron chi connectivity index (χ4n) is 1.99. The lowest BCUT2D eigenvalue weighted by atomic mass is 9.93. The van der Waals surface area contributed by atoms with Gasteiger partial charge in [0.15, 0.2) is 5.78 Å². The molecule has 0 aliphatic rings. The first-order valence-corrected chi connectivity index (χ1v) is 5.80. The van der Waals surface area contributed by atoms with E-state index in [4.69, 9.17) is 4.74 Å². The van der Waals surface area contributed by atoms with E-state index in [0.717, 1.165) is 28.0 Å². The molecule has 17 heavy (non-hydrogen) atoms. The van der Waals surface area contributed by atoms with Crippen molar-refractivity contribution in [1.29, 1.82) is 0 Å². The van der Waals surface area contributed by atoms with Gasteiger partial charge in [-0.2, -0.15) is 0 Å². The maximum atomic E-state index is 12.2. The van der Waals surface area contributed by atoms with Crippen LogP contribution < -0.4 is 10.1 Å². The zero-order valence-electron chi connectivity index (χ0n) is 11.5. The topological polar surface area (TPSA) is 38.3 Å². The number of likely N-dealkylation sites (N-methyl/N-ethyl adjacent to an activating group) is 1. The van der Waals surface area contributed by atoms with E-state index in [0.29, 0.717) is 0 Å². The second kappa shape index (κ2) is 5.32. The van der Waals surface area contributed by atoms with Gasteiger partial charge in [0.25, 0.3) is 0 Å². The van der Waals surface area contributed by atoms with Crippen molar-refractivity contribution >= 4 is 5.78 Å². The lowest BCUT2D eigenvalue weighted by molar-refractivity contribution is 0.0954. The molecule has 1 atom stereocenters. The summed E-state index contributed by atoms with van der Waals surface area (Å²) in [5, 5.41) is 2.98. The third-order valence-electron chi connectivity index (χ3n) is 3.32. The van der Waals surface area contributed by atoms with Crippen molar-refractivity contribution in [2.24, 2.45) is 0 Å². The fraction of sp³-hybridized carbons (Fsp3) is 0.500. The summed E-state index contributed by atoms with van der Waals surface area (Å²) in [5.74, 6) is 0.995. The Balaban J connectivity index is 3.33. The molecule has 0 saturated heterocycles. The second-order valence-corrected chi connectivity index (χ2v) is 4.40. The van der Waals surface area contributed by atoms with Crippen LogP contribution in [-0.2, 0) is 0 Å². The smallest absolute Gasteiger partial charge is 0.179 e. The Bertz CT molecular complexity index is 438. The Morgan fingerprint density at radius 2 is 1.88 bits per heavy atom. The van der Waals surface area contributed by atoms with Gasteiger partial charge < -0.3 is 10.1 Å². The summed E-state index contributed by atoms with van der Waals surface area (Å²) in [6, 6.07) is 1.75. The number of carbonyl (C=O) groups is 1. The molecule has 1 N–H and O–H groups in total. The summed E-state index contributed by atoms with van der Waals surface area (Å²) >= 11 is 0. The number of methoxy groups -OCH3 is 1. The molecule has 0 amide bonds. The van der Waals surface area contributed by atoms with E-state index in [1.165, 1.54) is 0 Å². The van der Waals surface area contributed by atoms with E-state index in [-0.39, 0.29) is 11.8 Å². The molecule has 0 fully saturated rings. The Morgan fingerprint density at radius 3 is 2.35 bits per heavy atom. The number of Topliss-reactive ketones (excluding diaryl/α,β-unsaturated/α-hetero) is 1. The first-order valence-electron chi connectivity index (χ1n) is 5.80. The van der Waals surface area contributed by atoms with Gasteiger partial charge in [-0.25, -0.2) is 0 Å². The molecule has 0 heterocycles. The van der Waals surface area contributed by atoms with Gasteiger partial charge in [0.05, 0.1) is 13.2 Å². The number of rotatable bonds is 4. The molecule has 0 aliphatic carbocycles. The van der Waals surface area contributed by atoms with E-state index < -0.39 is 0 Å². The predicted octanol–water partition coefficient (Wildman–Crippen LogP) is 2.41. The molecule has 1 rings (SSSR count). The first-order chi connectivity index (χ1) is 7.93. The lowest BCUT2D eigenvalue weighted by Gasteiger charge is -2.17. The molecule has 0 spiro atoms. The molecule has 1 aromatic carbocycles. The SMILES string of the molecule is CNC(C)C(=O)c1cc(C)c(OC)c(C)c1C. The van der Waals surface area contributed by atoms with E-state index in [1.807, 2.05) is 33.8 Å². The summed E-state index contributed by atoms with van der Waals surface area (Å²) < 4.78 is 5.35. The standard InChI is InChI=1S/C14H21NO2/c1-8-7-12(13(16)11(4)15-5)9(2)10(3)14(8)17-6/h7,11,15H,1-6H3. The number of nitrogens with one attached hydrogen (secondary N) is 1. The van der Waals surface area contributed by atoms with Crippen molar-refractivity contribution in [3.8, 4) is 5.75 Å². The van der Waals surface area contributed by atoms with Crippen LogP contribution in [0, 0.1) is 20.8 Å². The van der Waals surface area contributed by atoms with Gasteiger partial charge in [0.1, 0.15) is 5.75 Å². The van der Waals surface area contributed by atoms with Crippen LogP contribution in [0.4, 0.5) is 0 Å². The minimum Gasteiger partial charge on any atom is -0.496 e. The van der Waals surface area contributed by atoms with E-state index in [9.17, 15) is 4.79 Å². The minimum atomic E-state index is -0.166. The predicted molar refractivity (Wildman–Crippen MR) is 70.1 cm³/mol. The van der Waals surface area contributed by atoms with Crippen molar-refractivity contribution in [1.82, 2.24) is 5.32 Å². The summed E-state index contributed by atoms with van der Waals surface area (Å²) in [6.07, 6.45) is 0. The molecular weight excluding hydrogens is 214 g/mol. The molecular formula is C14H21NO2. The molecule has 1 unspecified atom stereocenters. The first kappa shape index (κ1) is 13.7. The molecule has 1 aromatic rings. The van der Waals surface area contributed by atoms with Crippen LogP contribution in [-0.4, -0.2) is 26.0 Å². The molecule has 0 bridgehead atoms. The van der Waals surface area contributed by atoms with Crippen molar-refractivity contribution in [2.75, 3.05) is 14.2 Å². The summed E-state index contributed by atoms with van der Waals surface area (Å²) in [4.78, 5) is 12.2. The maximum absolute atomic E-state index is 12.2. The Hall–Kier alpha value is -1.35. The van der Waals surface area contributed by atoms with Gasteiger partial charge in [0, 0.05) is 5.56 Å². The number of hydrogen-bond donors (Lipinski definition) is 1. The molecule has 3 nitrogen and oxygen atoms in total. The Kier molecular flexibility index (Phi) is 4.29. The quantitative estimate of drug-likeness (QED) is 0.814. The highest BCUT2D eigenvalue weighted by atomic mass is 16.5. The largest absolute Gasteiger partial charge is 0.496 e. The van der Waals surface area contributed by atoms with Crippen LogP contribution in [0.1, 0.15) is 34.0 Å². The average molecular weight is 235 g/mol. The second-order valence-electron chi connectivity index (χ2n) is 4.40. The molecule has 0 aromatic heterocycles. The van der Waals surface area contributed by atoms with Gasteiger partial charge in [-0.15, -0.1) is 0 Å². The van der Waals surface area contributed by atoms with Crippen molar-refractivity contribution in [3.05, 3.63) is 28.3 Å². The number of ether oxygens (including phenoxy) is 1. The summed E-state index contributed by atoms with van der Waals surface area (Å²) in [7, 11) is 3.45. The number of ketones is 1. The molecule has 0 radical (unpaired) electrons. The molecule has 0 saturated carbocycles. The Morgan fingerprint density at radius 1 is 1.29 bits per heavy atom. The molecule has 0 aliphatic heterocycles. The van der Waals surface area contributed by atoms with Crippen molar-refractivity contribution in [2.45, 2.75) is 33.7 Å². The molecule has 3 heteroatoms. The third-order valence-corrected chi connectivity index (χ3v) is 3.32. The number of aryl methyl sites for hydroxylation is 1.